The minimum Gasteiger partial charge on any atom is -0.496 e. The molecule has 0 bridgehead atoms. The number of anilines is 1. The molecule has 1 unspecified atom stereocenters. The molecule has 4 aliphatic rings. The normalized spacial score (nSPS) is 20.6. The summed E-state index contributed by atoms with van der Waals surface area (Å²) in [5, 5.41) is 13.4. The van der Waals surface area contributed by atoms with Crippen molar-refractivity contribution in [1.82, 2.24) is 30.2 Å². The van der Waals surface area contributed by atoms with Gasteiger partial charge < -0.3 is 19.9 Å². The molecule has 3 N–H and O–H groups in total. The Morgan fingerprint density at radius 2 is 1.77 bits per heavy atom. The number of nitrogens with one attached hydrogen (secondary N) is 3. The van der Waals surface area contributed by atoms with Gasteiger partial charge in [-0.15, -0.1) is 0 Å². The minimum atomic E-state index is -0.398. The number of amides is 4. The predicted octanol–water partition coefficient (Wildman–Crippen LogP) is 4.70. The summed E-state index contributed by atoms with van der Waals surface area (Å²) in [5.74, 6) is 1.19. The Morgan fingerprint density at radius 1 is 1.02 bits per heavy atom. The lowest BCUT2D eigenvalue weighted by atomic mass is 9.88. The first kappa shape index (κ1) is 35.7. The second-order valence-electron chi connectivity index (χ2n) is 14.5. The molecule has 3 aromatic rings. The average Bonchev–Trinajstić information content (AvgIpc) is 3.56. The molecule has 3 saturated heterocycles. The van der Waals surface area contributed by atoms with Crippen LogP contribution in [0.15, 0.2) is 48.8 Å². The lowest BCUT2D eigenvalue weighted by molar-refractivity contribution is -0.134. The number of carbonyl (C=O) groups excluding carboxylic acids is 4. The Hall–Kier alpha value is -4.68. The predicted molar refractivity (Wildman–Crippen MR) is 198 cm³/mol. The van der Waals surface area contributed by atoms with Crippen molar-refractivity contribution < 1.29 is 23.9 Å². The fraction of sp³-hybridized carbons (Fsp3) is 0.462. The zero-order chi connectivity index (χ0) is 36.4. The Balaban J connectivity index is 0.884. The molecule has 0 saturated carbocycles. The molecular weight excluding hydrogens is 682 g/mol. The van der Waals surface area contributed by atoms with Crippen molar-refractivity contribution in [2.24, 2.45) is 5.92 Å². The number of likely N-dealkylation sites (tertiary alicyclic amines) is 2. The van der Waals surface area contributed by atoms with Crippen LogP contribution in [0.25, 0.3) is 5.57 Å². The number of H-pyrrole nitrogens is 1. The van der Waals surface area contributed by atoms with Gasteiger partial charge in [-0.05, 0) is 92.4 Å². The summed E-state index contributed by atoms with van der Waals surface area (Å²) in [7, 11) is 3.41. The van der Waals surface area contributed by atoms with E-state index in [-0.39, 0.29) is 30.0 Å². The number of aromatic nitrogens is 2. The molecule has 5 heterocycles. The molecule has 7 rings (SSSR count). The molecule has 0 aliphatic carbocycles. The van der Waals surface area contributed by atoms with E-state index in [0.717, 1.165) is 85.5 Å². The zero-order valence-corrected chi connectivity index (χ0v) is 30.5. The quantitative estimate of drug-likeness (QED) is 0.270. The number of hydrogen-bond acceptors (Lipinski definition) is 8. The van der Waals surface area contributed by atoms with Gasteiger partial charge >= 0.3 is 0 Å². The van der Waals surface area contributed by atoms with E-state index in [2.05, 4.69) is 37.9 Å². The monoisotopic (exact) mass is 727 g/mol. The number of halogens is 1. The third kappa shape index (κ3) is 7.88. The number of benzene rings is 2. The maximum absolute atomic E-state index is 13.4. The van der Waals surface area contributed by atoms with Crippen LogP contribution >= 0.6 is 11.6 Å². The molecule has 274 valence electrons. The highest BCUT2D eigenvalue weighted by Gasteiger charge is 2.30. The number of fused-ring (bicyclic) bond motifs is 1. The summed E-state index contributed by atoms with van der Waals surface area (Å²) < 4.78 is 5.85. The number of ether oxygens (including phenoxy) is 1. The maximum atomic E-state index is 13.4. The van der Waals surface area contributed by atoms with Crippen molar-refractivity contribution in [3.05, 3.63) is 81.8 Å². The van der Waals surface area contributed by atoms with Crippen LogP contribution in [0.3, 0.4) is 0 Å². The number of aromatic amines is 1. The minimum absolute atomic E-state index is 0.0212. The second-order valence-corrected chi connectivity index (χ2v) is 14.9. The number of carbonyl (C=O) groups is 4. The van der Waals surface area contributed by atoms with Gasteiger partial charge in [-0.2, -0.15) is 5.10 Å². The van der Waals surface area contributed by atoms with Crippen molar-refractivity contribution in [3.8, 4) is 5.75 Å². The van der Waals surface area contributed by atoms with Gasteiger partial charge in [0, 0.05) is 73.1 Å². The van der Waals surface area contributed by atoms with Gasteiger partial charge in [0.1, 0.15) is 11.8 Å². The summed E-state index contributed by atoms with van der Waals surface area (Å²) in [4.78, 5) is 55.4. The van der Waals surface area contributed by atoms with Crippen LogP contribution < -0.4 is 15.4 Å². The highest BCUT2D eigenvalue weighted by atomic mass is 35.5. The van der Waals surface area contributed by atoms with Crippen LogP contribution in [0.4, 0.5) is 5.69 Å². The first-order chi connectivity index (χ1) is 25.1. The molecule has 52 heavy (non-hydrogen) atoms. The highest BCUT2D eigenvalue weighted by molar-refractivity contribution is 6.31. The number of likely N-dealkylation sites (N-methyl/N-ethyl adjacent to an activating group) is 1. The topological polar surface area (TPSA) is 140 Å². The van der Waals surface area contributed by atoms with Crippen LogP contribution in [0.5, 0.6) is 5.75 Å². The Labute approximate surface area is 308 Å². The molecule has 1 aromatic heterocycles. The lowest BCUT2D eigenvalue weighted by Gasteiger charge is -2.35. The fourth-order valence-corrected chi connectivity index (χ4v) is 8.19. The van der Waals surface area contributed by atoms with Gasteiger partial charge in [-0.3, -0.25) is 34.5 Å². The van der Waals surface area contributed by atoms with Gasteiger partial charge in [0.25, 0.3) is 0 Å². The summed E-state index contributed by atoms with van der Waals surface area (Å²) in [5.41, 5.74) is 6.39. The number of rotatable bonds is 9. The molecule has 1 atom stereocenters. The Bertz CT molecular complexity index is 1860. The van der Waals surface area contributed by atoms with E-state index in [1.807, 2.05) is 35.4 Å². The largest absolute Gasteiger partial charge is 0.496 e. The number of nitrogens with zero attached hydrogens (tertiary/aromatic N) is 4. The van der Waals surface area contributed by atoms with Crippen LogP contribution in [0.1, 0.15) is 78.8 Å². The first-order valence-corrected chi connectivity index (χ1v) is 18.6. The van der Waals surface area contributed by atoms with Gasteiger partial charge in [0.2, 0.25) is 23.6 Å². The number of imide groups is 1. The second kappa shape index (κ2) is 15.5. The van der Waals surface area contributed by atoms with E-state index in [1.54, 1.807) is 25.3 Å². The van der Waals surface area contributed by atoms with Crippen molar-refractivity contribution >= 4 is 46.5 Å². The van der Waals surface area contributed by atoms with Gasteiger partial charge in [0.05, 0.1) is 25.4 Å². The summed E-state index contributed by atoms with van der Waals surface area (Å²) in [6.45, 7) is 3.94. The molecule has 12 nitrogen and oxygen atoms in total. The third-order valence-electron chi connectivity index (χ3n) is 11.1. The maximum Gasteiger partial charge on any atom is 0.249 e. The molecule has 3 fully saturated rings. The molecule has 4 aliphatic heterocycles. The van der Waals surface area contributed by atoms with E-state index >= 15 is 0 Å². The number of hydrogen-bond donors (Lipinski definition) is 3. The van der Waals surface area contributed by atoms with E-state index in [4.69, 9.17) is 16.3 Å². The van der Waals surface area contributed by atoms with E-state index < -0.39 is 6.04 Å². The fourth-order valence-electron chi connectivity index (χ4n) is 7.92. The molecular formula is C39H46ClN7O5. The number of methoxy groups -OCH3 is 1. The van der Waals surface area contributed by atoms with Crippen LogP contribution in [-0.4, -0.2) is 94.9 Å². The lowest BCUT2D eigenvalue weighted by Crippen LogP contribution is -2.47. The van der Waals surface area contributed by atoms with E-state index in [1.165, 1.54) is 5.56 Å². The summed E-state index contributed by atoms with van der Waals surface area (Å²) in [6.07, 6.45) is 9.01. The van der Waals surface area contributed by atoms with Crippen molar-refractivity contribution in [2.45, 2.75) is 69.9 Å². The van der Waals surface area contributed by atoms with Crippen LogP contribution in [-0.2, 0) is 32.1 Å². The van der Waals surface area contributed by atoms with Crippen molar-refractivity contribution in [2.75, 3.05) is 45.7 Å². The number of piperidine rings is 3. The third-order valence-corrected chi connectivity index (χ3v) is 11.4. The van der Waals surface area contributed by atoms with Crippen molar-refractivity contribution in [3.63, 3.8) is 0 Å². The van der Waals surface area contributed by atoms with Gasteiger partial charge in [-0.1, -0.05) is 23.7 Å². The first-order valence-electron chi connectivity index (χ1n) is 18.2. The Kier molecular flexibility index (Phi) is 10.7. The van der Waals surface area contributed by atoms with Crippen molar-refractivity contribution in [1.29, 1.82) is 0 Å². The zero-order valence-electron chi connectivity index (χ0n) is 29.8. The van der Waals surface area contributed by atoms with Crippen LogP contribution in [0.2, 0.25) is 5.02 Å². The van der Waals surface area contributed by atoms with E-state index in [9.17, 15) is 19.2 Å². The van der Waals surface area contributed by atoms with Gasteiger partial charge in [0.15, 0.2) is 0 Å². The SMILES string of the molecule is COc1cc(C2=CN(C)C(=O)Cc3[nH]ncc32)cc(Cl)c1CN1CCC(CC(=O)N2CCC(c3ccc(NC4CCC(=O)NC4=O)cc3)CC2)CC1. The molecule has 4 amide bonds. The van der Waals surface area contributed by atoms with E-state index in [0.29, 0.717) is 48.4 Å². The van der Waals surface area contributed by atoms with Gasteiger partial charge in [-0.25, -0.2) is 0 Å². The molecule has 0 radical (unpaired) electrons. The molecule has 2 aromatic carbocycles. The molecule has 13 heteroatoms. The highest BCUT2D eigenvalue weighted by Crippen LogP contribution is 2.37. The standard InChI is InChI=1S/C39H46ClN7O5/c1-45-22-30(29-21-41-44-34(29)20-37(45)49)27-18-32(40)31(35(19-27)52-2)23-46-13-9-24(10-14-46)17-38(50)47-15-11-26(12-16-47)25-3-5-28(6-4-25)42-33-7-8-36(48)43-39(33)51/h3-6,18-19,21-22,24,26,33,42H,7-17,20,23H2,1-2H3,(H,41,44)(H,43,48,51). The molecule has 0 spiro atoms. The Morgan fingerprint density at radius 3 is 2.48 bits per heavy atom. The summed E-state index contributed by atoms with van der Waals surface area (Å²) in [6, 6.07) is 11.7. The average molecular weight is 728 g/mol. The van der Waals surface area contributed by atoms with Crippen LogP contribution in [0, 0.1) is 5.92 Å². The summed E-state index contributed by atoms with van der Waals surface area (Å²) >= 11 is 6.93. The smallest absolute Gasteiger partial charge is 0.249 e.